The monoisotopic (exact) mass is 219 g/mol. The van der Waals surface area contributed by atoms with Crippen LogP contribution in [0, 0.1) is 0 Å². The summed E-state index contributed by atoms with van der Waals surface area (Å²) in [5.41, 5.74) is 8.07. The molecule has 1 aromatic carbocycles. The smallest absolute Gasteiger partial charge is 0.0642 e. The van der Waals surface area contributed by atoms with Gasteiger partial charge in [0.05, 0.1) is 10.7 Å². The Balaban J connectivity index is 2.28. The average molecular weight is 220 g/mol. The van der Waals surface area contributed by atoms with Gasteiger partial charge in [-0.2, -0.15) is 0 Å². The second kappa shape index (κ2) is 4.19. The van der Waals surface area contributed by atoms with Crippen molar-refractivity contribution in [2.24, 2.45) is 0 Å². The molecule has 2 rings (SSSR count). The van der Waals surface area contributed by atoms with Crippen LogP contribution >= 0.6 is 11.6 Å². The molecule has 0 bridgehead atoms. The maximum atomic E-state index is 6.01. The third-order valence-corrected chi connectivity index (χ3v) is 2.28. The number of benzene rings is 1. The van der Waals surface area contributed by atoms with E-state index in [1.807, 2.05) is 12.1 Å². The molecule has 3 nitrogen and oxygen atoms in total. The fraction of sp³-hybridized carbons (Fsp3) is 0. The first-order valence-electron chi connectivity index (χ1n) is 4.48. The number of anilines is 3. The Morgan fingerprint density at radius 2 is 1.87 bits per heavy atom. The van der Waals surface area contributed by atoms with Gasteiger partial charge in [0.1, 0.15) is 0 Å². The van der Waals surface area contributed by atoms with Crippen LogP contribution in [-0.4, -0.2) is 4.98 Å². The van der Waals surface area contributed by atoms with E-state index in [0.717, 1.165) is 11.4 Å². The van der Waals surface area contributed by atoms with E-state index in [1.54, 1.807) is 30.6 Å². The predicted molar refractivity (Wildman–Crippen MR) is 63.4 cm³/mol. The van der Waals surface area contributed by atoms with Gasteiger partial charge in [0.15, 0.2) is 0 Å². The normalized spacial score (nSPS) is 9.93. The minimum absolute atomic E-state index is 0.640. The van der Waals surface area contributed by atoms with Crippen LogP contribution in [0.5, 0.6) is 0 Å². The third-order valence-electron chi connectivity index (χ3n) is 1.95. The molecule has 4 heteroatoms. The zero-order valence-corrected chi connectivity index (χ0v) is 8.70. The van der Waals surface area contributed by atoms with Gasteiger partial charge in [-0.1, -0.05) is 11.6 Å². The Labute approximate surface area is 92.9 Å². The van der Waals surface area contributed by atoms with Crippen molar-refractivity contribution >= 4 is 28.7 Å². The van der Waals surface area contributed by atoms with E-state index in [9.17, 15) is 0 Å². The summed E-state index contributed by atoms with van der Waals surface area (Å²) in [4.78, 5) is 3.93. The highest BCUT2D eigenvalue weighted by Crippen LogP contribution is 2.26. The van der Waals surface area contributed by atoms with Gasteiger partial charge < -0.3 is 11.1 Å². The van der Waals surface area contributed by atoms with Crippen molar-refractivity contribution in [1.82, 2.24) is 4.98 Å². The average Bonchev–Trinajstić information content (AvgIpc) is 2.25. The number of hydrogen-bond acceptors (Lipinski definition) is 3. The summed E-state index contributed by atoms with van der Waals surface area (Å²) in [5, 5.41) is 3.80. The number of nitrogen functional groups attached to an aromatic ring is 1. The van der Waals surface area contributed by atoms with E-state index < -0.39 is 0 Å². The highest BCUT2D eigenvalue weighted by molar-refractivity contribution is 6.33. The molecule has 2 aromatic rings. The second-order valence-electron chi connectivity index (χ2n) is 3.10. The highest BCUT2D eigenvalue weighted by Gasteiger charge is 2.00. The van der Waals surface area contributed by atoms with E-state index in [1.165, 1.54) is 0 Å². The van der Waals surface area contributed by atoms with Crippen LogP contribution in [-0.2, 0) is 0 Å². The van der Waals surface area contributed by atoms with E-state index in [-0.39, 0.29) is 0 Å². The Morgan fingerprint density at radius 1 is 1.13 bits per heavy atom. The van der Waals surface area contributed by atoms with Gasteiger partial charge in [-0.05, 0) is 30.3 Å². The Bertz CT molecular complexity index is 457. The molecular formula is C11H10ClN3. The van der Waals surface area contributed by atoms with Gasteiger partial charge in [0, 0.05) is 23.8 Å². The molecule has 0 atom stereocenters. The summed E-state index contributed by atoms with van der Waals surface area (Å²) in [6.45, 7) is 0. The Hall–Kier alpha value is -1.74. The lowest BCUT2D eigenvalue weighted by atomic mass is 10.2. The first-order chi connectivity index (χ1) is 7.25. The summed E-state index contributed by atoms with van der Waals surface area (Å²) >= 11 is 6.01. The largest absolute Gasteiger partial charge is 0.399 e. The van der Waals surface area contributed by atoms with Crippen LogP contribution in [0.25, 0.3) is 0 Å². The van der Waals surface area contributed by atoms with Crippen LogP contribution < -0.4 is 11.1 Å². The number of halogens is 1. The van der Waals surface area contributed by atoms with Crippen molar-refractivity contribution in [3.05, 3.63) is 47.7 Å². The molecule has 15 heavy (non-hydrogen) atoms. The lowest BCUT2D eigenvalue weighted by Gasteiger charge is -2.08. The molecule has 0 spiro atoms. The summed E-state index contributed by atoms with van der Waals surface area (Å²) in [5.74, 6) is 0. The molecule has 0 unspecified atom stereocenters. The Morgan fingerprint density at radius 3 is 2.60 bits per heavy atom. The molecule has 0 aliphatic carbocycles. The van der Waals surface area contributed by atoms with Crippen LogP contribution in [0.15, 0.2) is 42.7 Å². The van der Waals surface area contributed by atoms with Gasteiger partial charge >= 0.3 is 0 Å². The molecule has 3 N–H and O–H groups in total. The lowest BCUT2D eigenvalue weighted by molar-refractivity contribution is 1.32. The van der Waals surface area contributed by atoms with Crippen molar-refractivity contribution in [1.29, 1.82) is 0 Å². The lowest BCUT2D eigenvalue weighted by Crippen LogP contribution is -1.93. The van der Waals surface area contributed by atoms with Crippen LogP contribution in [0.3, 0.4) is 0 Å². The second-order valence-corrected chi connectivity index (χ2v) is 3.51. The van der Waals surface area contributed by atoms with Crippen molar-refractivity contribution in [2.75, 3.05) is 11.1 Å². The zero-order valence-electron chi connectivity index (χ0n) is 7.94. The molecule has 1 aromatic heterocycles. The fourth-order valence-corrected chi connectivity index (χ4v) is 1.39. The van der Waals surface area contributed by atoms with Gasteiger partial charge in [0.25, 0.3) is 0 Å². The number of nitrogens with zero attached hydrogens (tertiary/aromatic N) is 1. The summed E-state index contributed by atoms with van der Waals surface area (Å²) in [6, 6.07) is 9.04. The molecule has 76 valence electrons. The standard InChI is InChI=1S/C11H10ClN3/c12-10-2-1-8(13)7-11(10)15-9-3-5-14-6-4-9/h1-7H,13H2,(H,14,15). The van der Waals surface area contributed by atoms with Gasteiger partial charge in [-0.3, -0.25) is 4.98 Å². The van der Waals surface area contributed by atoms with Gasteiger partial charge in [0.2, 0.25) is 0 Å². The first-order valence-corrected chi connectivity index (χ1v) is 4.85. The van der Waals surface area contributed by atoms with Crippen molar-refractivity contribution in [3.8, 4) is 0 Å². The molecule has 0 aliphatic heterocycles. The molecule has 0 fully saturated rings. The van der Waals surface area contributed by atoms with Crippen molar-refractivity contribution in [3.63, 3.8) is 0 Å². The summed E-state index contributed by atoms with van der Waals surface area (Å²) in [6.07, 6.45) is 3.42. The topological polar surface area (TPSA) is 50.9 Å². The highest BCUT2D eigenvalue weighted by atomic mass is 35.5. The maximum Gasteiger partial charge on any atom is 0.0642 e. The van der Waals surface area contributed by atoms with Crippen LogP contribution in [0.1, 0.15) is 0 Å². The number of hydrogen-bond donors (Lipinski definition) is 2. The van der Waals surface area contributed by atoms with Crippen LogP contribution in [0.4, 0.5) is 17.1 Å². The SMILES string of the molecule is Nc1ccc(Cl)c(Nc2ccncc2)c1. The van der Waals surface area contributed by atoms with E-state index in [0.29, 0.717) is 10.7 Å². The van der Waals surface area contributed by atoms with E-state index in [4.69, 9.17) is 17.3 Å². The van der Waals surface area contributed by atoms with Crippen LogP contribution in [0.2, 0.25) is 5.02 Å². The Kier molecular flexibility index (Phi) is 2.74. The zero-order chi connectivity index (χ0) is 10.7. The molecular weight excluding hydrogens is 210 g/mol. The van der Waals surface area contributed by atoms with E-state index in [2.05, 4.69) is 10.3 Å². The first kappa shape index (κ1) is 9.80. The molecule has 0 aliphatic rings. The molecule has 0 saturated heterocycles. The minimum Gasteiger partial charge on any atom is -0.399 e. The third kappa shape index (κ3) is 2.39. The number of nitrogens with one attached hydrogen (secondary N) is 1. The quantitative estimate of drug-likeness (QED) is 0.764. The van der Waals surface area contributed by atoms with Gasteiger partial charge in [-0.25, -0.2) is 0 Å². The number of aromatic nitrogens is 1. The molecule has 0 saturated carbocycles. The maximum absolute atomic E-state index is 6.01. The van der Waals surface area contributed by atoms with E-state index >= 15 is 0 Å². The molecule has 1 heterocycles. The summed E-state index contributed by atoms with van der Waals surface area (Å²) < 4.78 is 0. The predicted octanol–water partition coefficient (Wildman–Crippen LogP) is 3.06. The van der Waals surface area contributed by atoms with Crippen molar-refractivity contribution < 1.29 is 0 Å². The van der Waals surface area contributed by atoms with Gasteiger partial charge in [-0.15, -0.1) is 0 Å². The number of rotatable bonds is 2. The summed E-state index contributed by atoms with van der Waals surface area (Å²) in [7, 11) is 0. The molecule has 0 radical (unpaired) electrons. The number of pyridine rings is 1. The molecule has 0 amide bonds. The number of nitrogens with two attached hydrogens (primary N) is 1. The minimum atomic E-state index is 0.640. The fourth-order valence-electron chi connectivity index (χ4n) is 1.23. The van der Waals surface area contributed by atoms with Crippen molar-refractivity contribution in [2.45, 2.75) is 0 Å².